The summed E-state index contributed by atoms with van der Waals surface area (Å²) in [5.74, 6) is -4.85. The summed E-state index contributed by atoms with van der Waals surface area (Å²) in [6.07, 6.45) is -0.747. The van der Waals surface area contributed by atoms with Crippen LogP contribution in [0.5, 0.6) is 0 Å². The fraction of sp³-hybridized carbons (Fsp3) is 0.450. The number of carboxylic acids is 2. The van der Waals surface area contributed by atoms with Crippen molar-refractivity contribution < 1.29 is 34.2 Å². The highest BCUT2D eigenvalue weighted by Crippen LogP contribution is 2.06. The van der Waals surface area contributed by atoms with Crippen LogP contribution in [0.4, 0.5) is 0 Å². The van der Waals surface area contributed by atoms with E-state index in [2.05, 4.69) is 28.6 Å². The summed E-state index contributed by atoms with van der Waals surface area (Å²) in [6.45, 7) is 1.42. The van der Waals surface area contributed by atoms with Crippen LogP contribution in [0.3, 0.4) is 0 Å². The Hall–Kier alpha value is -3.12. The fourth-order valence-electron chi connectivity index (χ4n) is 2.63. The quantitative estimate of drug-likeness (QED) is 0.178. The molecule has 11 nitrogen and oxygen atoms in total. The van der Waals surface area contributed by atoms with Gasteiger partial charge in [0.2, 0.25) is 17.7 Å². The number of carboxylic acid groups (broad SMARTS) is 2. The Morgan fingerprint density at radius 2 is 1.44 bits per heavy atom. The largest absolute Gasteiger partial charge is 0.481 e. The van der Waals surface area contributed by atoms with Gasteiger partial charge in [0.25, 0.3) is 0 Å². The zero-order valence-electron chi connectivity index (χ0n) is 17.5. The average molecular weight is 469 g/mol. The Balaban J connectivity index is 2.93. The SMILES string of the molecule is CC(N)C(=O)NC(CS)C(=O)NC(CCC(=O)O)C(=O)NC(Cc1ccccc1)C(=O)O. The normalized spacial score (nSPS) is 14.3. The minimum Gasteiger partial charge on any atom is -0.481 e. The van der Waals surface area contributed by atoms with Crippen molar-refractivity contribution in [1.82, 2.24) is 16.0 Å². The van der Waals surface area contributed by atoms with Crippen LogP contribution in [-0.4, -0.2) is 69.8 Å². The lowest BCUT2D eigenvalue weighted by Crippen LogP contribution is -2.57. The average Bonchev–Trinajstić information content (AvgIpc) is 2.74. The van der Waals surface area contributed by atoms with Crippen LogP contribution in [-0.2, 0) is 30.4 Å². The highest BCUT2D eigenvalue weighted by atomic mass is 32.1. The van der Waals surface area contributed by atoms with E-state index < -0.39 is 60.2 Å². The lowest BCUT2D eigenvalue weighted by Gasteiger charge is -2.24. The standard InChI is InChI=1S/C20H28N4O7S/c1-11(21)17(27)24-15(10-32)19(29)22-13(7-8-16(25)26)18(28)23-14(20(30)31)9-12-5-3-2-4-6-12/h2-6,11,13-15,32H,7-10,21H2,1H3,(H,22,29)(H,23,28)(H,24,27)(H,25,26)(H,30,31). The summed E-state index contributed by atoms with van der Waals surface area (Å²) >= 11 is 4.01. The Labute approximate surface area is 190 Å². The van der Waals surface area contributed by atoms with Crippen LogP contribution in [0.15, 0.2) is 30.3 Å². The minimum atomic E-state index is -1.34. The van der Waals surface area contributed by atoms with Gasteiger partial charge in [0, 0.05) is 18.6 Å². The van der Waals surface area contributed by atoms with E-state index in [4.69, 9.17) is 10.8 Å². The molecule has 7 N–H and O–H groups in total. The zero-order chi connectivity index (χ0) is 24.3. The van der Waals surface area contributed by atoms with E-state index in [1.807, 2.05) is 0 Å². The topological polar surface area (TPSA) is 188 Å². The predicted molar refractivity (Wildman–Crippen MR) is 118 cm³/mol. The molecule has 0 bridgehead atoms. The number of carbonyl (C=O) groups excluding carboxylic acids is 3. The van der Waals surface area contributed by atoms with Gasteiger partial charge in [-0.1, -0.05) is 30.3 Å². The van der Waals surface area contributed by atoms with E-state index in [-0.39, 0.29) is 18.6 Å². The molecule has 0 aliphatic heterocycles. The highest BCUT2D eigenvalue weighted by molar-refractivity contribution is 7.80. The third-order valence-electron chi connectivity index (χ3n) is 4.41. The molecule has 0 saturated heterocycles. The molecule has 0 spiro atoms. The number of thiol groups is 1. The van der Waals surface area contributed by atoms with E-state index in [1.165, 1.54) is 6.92 Å². The van der Waals surface area contributed by atoms with Gasteiger partial charge in [-0.3, -0.25) is 19.2 Å². The molecule has 0 heterocycles. The summed E-state index contributed by atoms with van der Waals surface area (Å²) < 4.78 is 0. The molecule has 3 amide bonds. The Kier molecular flexibility index (Phi) is 11.2. The molecule has 1 aromatic rings. The van der Waals surface area contributed by atoms with Crippen molar-refractivity contribution in [3.8, 4) is 0 Å². The molecule has 0 saturated carbocycles. The second-order valence-corrected chi connectivity index (χ2v) is 7.48. The van der Waals surface area contributed by atoms with Crippen LogP contribution in [0.1, 0.15) is 25.3 Å². The van der Waals surface area contributed by atoms with Crippen LogP contribution >= 0.6 is 12.6 Å². The molecule has 32 heavy (non-hydrogen) atoms. The molecule has 0 aliphatic carbocycles. The summed E-state index contributed by atoms with van der Waals surface area (Å²) in [5.41, 5.74) is 6.13. The Morgan fingerprint density at radius 1 is 0.906 bits per heavy atom. The molecule has 0 aliphatic rings. The van der Waals surface area contributed by atoms with Gasteiger partial charge in [-0.2, -0.15) is 12.6 Å². The van der Waals surface area contributed by atoms with Crippen LogP contribution < -0.4 is 21.7 Å². The number of nitrogens with two attached hydrogens (primary N) is 1. The lowest BCUT2D eigenvalue weighted by atomic mass is 10.0. The van der Waals surface area contributed by atoms with E-state index in [9.17, 15) is 29.1 Å². The lowest BCUT2D eigenvalue weighted by molar-refractivity contribution is -0.143. The van der Waals surface area contributed by atoms with Crippen LogP contribution in [0, 0.1) is 0 Å². The van der Waals surface area contributed by atoms with Crippen molar-refractivity contribution in [2.75, 3.05) is 5.75 Å². The van der Waals surface area contributed by atoms with Gasteiger partial charge < -0.3 is 31.9 Å². The molecule has 1 aromatic carbocycles. The summed E-state index contributed by atoms with van der Waals surface area (Å²) in [5, 5.41) is 25.5. The molecule has 4 atom stereocenters. The first-order valence-corrected chi connectivity index (χ1v) is 10.4. The maximum absolute atomic E-state index is 12.7. The van der Waals surface area contributed by atoms with Crippen molar-refractivity contribution >= 4 is 42.3 Å². The van der Waals surface area contributed by atoms with Gasteiger partial charge in [0.05, 0.1) is 6.04 Å². The van der Waals surface area contributed by atoms with Crippen LogP contribution in [0.2, 0.25) is 0 Å². The molecule has 4 unspecified atom stereocenters. The monoisotopic (exact) mass is 468 g/mol. The number of carbonyl (C=O) groups is 5. The van der Waals surface area contributed by atoms with Gasteiger partial charge >= 0.3 is 11.9 Å². The summed E-state index contributed by atoms with van der Waals surface area (Å²) in [4.78, 5) is 59.6. The Bertz CT molecular complexity index is 819. The number of rotatable bonds is 13. The molecule has 0 radical (unpaired) electrons. The van der Waals surface area contributed by atoms with E-state index in [0.29, 0.717) is 5.56 Å². The number of benzene rings is 1. The second kappa shape index (κ2) is 13.3. The Morgan fingerprint density at radius 3 is 1.94 bits per heavy atom. The molecule has 12 heteroatoms. The van der Waals surface area contributed by atoms with Gasteiger partial charge in [-0.15, -0.1) is 0 Å². The molecule has 0 aromatic heterocycles. The molecule has 0 fully saturated rings. The zero-order valence-corrected chi connectivity index (χ0v) is 18.4. The smallest absolute Gasteiger partial charge is 0.326 e. The fourth-order valence-corrected chi connectivity index (χ4v) is 2.89. The number of amides is 3. The molecular weight excluding hydrogens is 440 g/mol. The van der Waals surface area contributed by atoms with Crippen LogP contribution in [0.25, 0.3) is 0 Å². The highest BCUT2D eigenvalue weighted by Gasteiger charge is 2.30. The first-order valence-electron chi connectivity index (χ1n) is 9.81. The van der Waals surface area contributed by atoms with Gasteiger partial charge in [0.15, 0.2) is 0 Å². The maximum Gasteiger partial charge on any atom is 0.326 e. The third kappa shape index (κ3) is 9.35. The number of hydrogen-bond donors (Lipinski definition) is 7. The van der Waals surface area contributed by atoms with Crippen molar-refractivity contribution in [3.63, 3.8) is 0 Å². The third-order valence-corrected chi connectivity index (χ3v) is 4.77. The first-order chi connectivity index (χ1) is 15.0. The second-order valence-electron chi connectivity index (χ2n) is 7.12. The molecule has 1 rings (SSSR count). The van der Waals surface area contributed by atoms with Crippen molar-refractivity contribution in [1.29, 1.82) is 0 Å². The van der Waals surface area contributed by atoms with Gasteiger partial charge in [-0.25, -0.2) is 4.79 Å². The van der Waals surface area contributed by atoms with E-state index >= 15 is 0 Å². The van der Waals surface area contributed by atoms with Gasteiger partial charge in [0.1, 0.15) is 18.1 Å². The van der Waals surface area contributed by atoms with Gasteiger partial charge in [-0.05, 0) is 18.9 Å². The molecule has 176 valence electrons. The summed E-state index contributed by atoms with van der Waals surface area (Å²) in [6, 6.07) is 3.95. The van der Waals surface area contributed by atoms with Crippen molar-refractivity contribution in [2.45, 2.75) is 50.4 Å². The van der Waals surface area contributed by atoms with Crippen molar-refractivity contribution in [2.24, 2.45) is 5.73 Å². The number of hydrogen-bond acceptors (Lipinski definition) is 7. The molecular formula is C20H28N4O7S. The maximum atomic E-state index is 12.7. The van der Waals surface area contributed by atoms with E-state index in [1.54, 1.807) is 30.3 Å². The first kappa shape index (κ1) is 26.9. The van der Waals surface area contributed by atoms with Crippen molar-refractivity contribution in [3.05, 3.63) is 35.9 Å². The minimum absolute atomic E-state index is 0.00871. The number of nitrogens with one attached hydrogen (secondary N) is 3. The summed E-state index contributed by atoms with van der Waals surface area (Å²) in [7, 11) is 0. The van der Waals surface area contributed by atoms with E-state index in [0.717, 1.165) is 0 Å². The number of aliphatic carboxylic acids is 2. The predicted octanol–water partition coefficient (Wildman–Crippen LogP) is -1.09.